The van der Waals surface area contributed by atoms with Crippen LogP contribution >= 0.6 is 0 Å². The van der Waals surface area contributed by atoms with Crippen molar-refractivity contribution in [1.29, 1.82) is 0 Å². The highest BCUT2D eigenvalue weighted by molar-refractivity contribution is 5.97. The van der Waals surface area contributed by atoms with Gasteiger partial charge < -0.3 is 15.3 Å². The number of alkyl halides is 6. The number of rotatable bonds is 0. The average Bonchev–Trinajstić information content (AvgIpc) is 3.11. The Labute approximate surface area is 165 Å². The third-order valence-corrected chi connectivity index (χ3v) is 4.76. The van der Waals surface area contributed by atoms with Gasteiger partial charge in [-0.1, -0.05) is 12.8 Å². The van der Waals surface area contributed by atoms with E-state index >= 15 is 0 Å². The fraction of sp³-hybridized carbons (Fsp3) is 0.529. The van der Waals surface area contributed by atoms with Crippen LogP contribution in [0.2, 0.25) is 0 Å². The zero-order valence-electron chi connectivity index (χ0n) is 15.3. The van der Waals surface area contributed by atoms with Gasteiger partial charge in [0.05, 0.1) is 11.3 Å². The van der Waals surface area contributed by atoms with Crippen LogP contribution in [0.25, 0.3) is 11.6 Å². The summed E-state index contributed by atoms with van der Waals surface area (Å²) in [6, 6.07) is 0.446. The van der Waals surface area contributed by atoms with Gasteiger partial charge in [0.2, 0.25) is 5.60 Å². The molecule has 0 aliphatic carbocycles. The second-order valence-electron chi connectivity index (χ2n) is 6.93. The van der Waals surface area contributed by atoms with Crippen LogP contribution in [-0.2, 0) is 11.8 Å². The monoisotopic (exact) mass is 438 g/mol. The number of carbonyl (C=O) groups is 1. The lowest BCUT2D eigenvalue weighted by Gasteiger charge is -2.26. The van der Waals surface area contributed by atoms with E-state index in [1.54, 1.807) is 0 Å². The molecule has 30 heavy (non-hydrogen) atoms. The van der Waals surface area contributed by atoms with Gasteiger partial charge in [0.25, 0.3) is 11.8 Å². The van der Waals surface area contributed by atoms with Gasteiger partial charge >= 0.3 is 12.4 Å². The summed E-state index contributed by atoms with van der Waals surface area (Å²) in [6.07, 6.45) is -10.6. The molecule has 2 aromatic heterocycles. The van der Waals surface area contributed by atoms with Crippen LogP contribution in [0, 0.1) is 0 Å². The molecule has 0 saturated heterocycles. The summed E-state index contributed by atoms with van der Waals surface area (Å²) in [7, 11) is 0. The van der Waals surface area contributed by atoms with E-state index in [1.807, 2.05) is 0 Å². The molecule has 0 saturated carbocycles. The molecule has 13 heteroatoms. The first kappa shape index (κ1) is 22.0. The molecule has 0 amide bonds. The lowest BCUT2D eigenvalue weighted by Crippen LogP contribution is -2.42. The van der Waals surface area contributed by atoms with Crippen LogP contribution < -0.4 is 5.73 Å². The van der Waals surface area contributed by atoms with Crippen molar-refractivity contribution in [3.63, 3.8) is 0 Å². The minimum absolute atomic E-state index is 0.0958. The number of hydrogen-bond donors (Lipinski definition) is 2. The average molecular weight is 438 g/mol. The molecule has 164 valence electrons. The molecular formula is C17H16F6N4O3. The standard InChI is InChI=1S/C17H16F6N4O3/c18-16(19,20)8-7-9(24)12-13-26-27-14(30-13)15(29,17(21,22)23)6-4-2-1-3-5-10(28)11(8)25-12/h7,29H,1-6,24H2/t15-/m1/s1. The van der Waals surface area contributed by atoms with E-state index in [0.717, 1.165) is 0 Å². The SMILES string of the molecule is Nc1cc(C(F)(F)F)c2nc1-c1nnc(o1)[C@@](O)(C(F)(F)F)CCCCCCC2=O. The molecule has 0 radical (unpaired) electrons. The van der Waals surface area contributed by atoms with Gasteiger partial charge in [-0.05, 0) is 25.3 Å². The number of hydrogen-bond acceptors (Lipinski definition) is 7. The highest BCUT2D eigenvalue weighted by Gasteiger charge is 2.58. The minimum Gasteiger partial charge on any atom is -0.416 e. The molecule has 1 aliphatic rings. The van der Waals surface area contributed by atoms with E-state index < -0.39 is 64.6 Å². The lowest BCUT2D eigenvalue weighted by atomic mass is 9.94. The van der Waals surface area contributed by atoms with Crippen molar-refractivity contribution in [2.75, 3.05) is 5.73 Å². The number of Topliss-reactive ketones (excluding diaryl/α,β-unsaturated/α-hetero) is 1. The number of nitrogens with zero attached hydrogens (tertiary/aromatic N) is 3. The van der Waals surface area contributed by atoms with E-state index in [9.17, 15) is 36.2 Å². The quantitative estimate of drug-likeness (QED) is 0.597. The van der Waals surface area contributed by atoms with Crippen molar-refractivity contribution < 1.29 is 40.7 Å². The Morgan fingerprint density at radius 2 is 1.70 bits per heavy atom. The maximum absolute atomic E-state index is 13.5. The molecule has 0 aromatic carbocycles. The van der Waals surface area contributed by atoms with Gasteiger partial charge in [0.15, 0.2) is 11.5 Å². The van der Waals surface area contributed by atoms with Crippen molar-refractivity contribution in [3.05, 3.63) is 23.2 Å². The molecule has 3 rings (SSSR count). The summed E-state index contributed by atoms with van der Waals surface area (Å²) in [5, 5.41) is 16.8. The Morgan fingerprint density at radius 3 is 2.33 bits per heavy atom. The van der Waals surface area contributed by atoms with Crippen molar-refractivity contribution in [2.24, 2.45) is 0 Å². The summed E-state index contributed by atoms with van der Waals surface area (Å²) in [4.78, 5) is 16.0. The number of aromatic nitrogens is 3. The highest BCUT2D eigenvalue weighted by Crippen LogP contribution is 2.43. The zero-order chi connectivity index (χ0) is 22.3. The Hall–Kier alpha value is -2.70. The molecule has 3 N–H and O–H groups in total. The number of nitrogen functional groups attached to an aromatic ring is 1. The minimum atomic E-state index is -5.14. The number of carbonyl (C=O) groups excluding carboxylic acids is 1. The summed E-state index contributed by atoms with van der Waals surface area (Å²) in [5.41, 5.74) is -1.37. The highest BCUT2D eigenvalue weighted by atomic mass is 19.4. The maximum atomic E-state index is 13.5. The Morgan fingerprint density at radius 1 is 1.03 bits per heavy atom. The van der Waals surface area contributed by atoms with Crippen LogP contribution in [0.4, 0.5) is 32.0 Å². The number of halogens is 6. The summed E-state index contributed by atoms with van der Waals surface area (Å²) in [5.74, 6) is -2.83. The number of anilines is 1. The third kappa shape index (κ3) is 3.98. The van der Waals surface area contributed by atoms with Crippen molar-refractivity contribution >= 4 is 11.5 Å². The van der Waals surface area contributed by atoms with E-state index in [0.29, 0.717) is 6.07 Å². The Bertz CT molecular complexity index is 956. The van der Waals surface area contributed by atoms with Crippen molar-refractivity contribution in [1.82, 2.24) is 15.2 Å². The molecule has 4 bridgehead atoms. The second kappa shape index (κ2) is 7.52. The summed E-state index contributed by atoms with van der Waals surface area (Å²) < 4.78 is 85.5. The predicted octanol–water partition coefficient (Wildman–Crippen LogP) is 4.02. The fourth-order valence-electron chi connectivity index (χ4n) is 3.12. The summed E-state index contributed by atoms with van der Waals surface area (Å²) >= 11 is 0. The van der Waals surface area contributed by atoms with Crippen LogP contribution in [0.15, 0.2) is 10.5 Å². The first-order valence-electron chi connectivity index (χ1n) is 8.89. The van der Waals surface area contributed by atoms with E-state index in [1.165, 1.54) is 0 Å². The van der Waals surface area contributed by atoms with E-state index in [4.69, 9.17) is 10.2 Å². The van der Waals surface area contributed by atoms with Crippen LogP contribution in [-0.4, -0.2) is 32.2 Å². The molecule has 1 atom stereocenters. The van der Waals surface area contributed by atoms with E-state index in [-0.39, 0.29) is 32.1 Å². The topological polar surface area (TPSA) is 115 Å². The van der Waals surface area contributed by atoms with Gasteiger partial charge in [0, 0.05) is 6.42 Å². The molecule has 2 aromatic rings. The molecular weight excluding hydrogens is 422 g/mol. The molecule has 0 fully saturated rings. The third-order valence-electron chi connectivity index (χ3n) is 4.76. The van der Waals surface area contributed by atoms with Crippen molar-refractivity contribution in [2.45, 2.75) is 56.5 Å². The van der Waals surface area contributed by atoms with Gasteiger partial charge in [0.1, 0.15) is 5.69 Å². The van der Waals surface area contributed by atoms with Crippen LogP contribution in [0.3, 0.4) is 0 Å². The largest absolute Gasteiger partial charge is 0.426 e. The van der Waals surface area contributed by atoms with Gasteiger partial charge in [-0.15, -0.1) is 10.2 Å². The number of nitrogens with two attached hydrogens (primary N) is 1. The lowest BCUT2D eigenvalue weighted by molar-refractivity contribution is -0.277. The van der Waals surface area contributed by atoms with Crippen LogP contribution in [0.5, 0.6) is 0 Å². The number of ketones is 1. The zero-order valence-corrected chi connectivity index (χ0v) is 15.3. The summed E-state index contributed by atoms with van der Waals surface area (Å²) in [6.45, 7) is 0. The predicted molar refractivity (Wildman–Crippen MR) is 88.9 cm³/mol. The molecule has 1 aliphatic heterocycles. The van der Waals surface area contributed by atoms with Gasteiger partial charge in [-0.25, -0.2) is 4.98 Å². The number of fused-ring (bicyclic) bond motifs is 5. The number of pyridine rings is 1. The molecule has 3 heterocycles. The smallest absolute Gasteiger partial charge is 0.416 e. The molecule has 7 nitrogen and oxygen atoms in total. The maximum Gasteiger partial charge on any atom is 0.426 e. The van der Waals surface area contributed by atoms with Crippen molar-refractivity contribution in [3.8, 4) is 11.6 Å². The molecule has 0 unspecified atom stereocenters. The normalized spacial score (nSPS) is 21.4. The first-order chi connectivity index (χ1) is 13.8. The Balaban J connectivity index is 2.20. The first-order valence-corrected chi connectivity index (χ1v) is 8.89. The fourth-order valence-corrected chi connectivity index (χ4v) is 3.12. The Kier molecular flexibility index (Phi) is 5.52. The van der Waals surface area contributed by atoms with Gasteiger partial charge in [-0.2, -0.15) is 26.3 Å². The second-order valence-corrected chi connectivity index (χ2v) is 6.93. The van der Waals surface area contributed by atoms with Crippen LogP contribution in [0.1, 0.15) is 60.5 Å². The van der Waals surface area contributed by atoms with E-state index in [2.05, 4.69) is 15.2 Å². The van der Waals surface area contributed by atoms with Gasteiger partial charge in [-0.3, -0.25) is 4.79 Å². The number of aliphatic hydroxyl groups is 1. The molecule has 0 spiro atoms.